The van der Waals surface area contributed by atoms with Crippen molar-refractivity contribution in [1.29, 1.82) is 0 Å². The van der Waals surface area contributed by atoms with Crippen molar-refractivity contribution < 1.29 is 18.7 Å². The van der Waals surface area contributed by atoms with Crippen molar-refractivity contribution in [2.24, 2.45) is 11.0 Å². The summed E-state index contributed by atoms with van der Waals surface area (Å²) in [5, 5.41) is 5.78. The molecule has 0 saturated carbocycles. The topological polar surface area (TPSA) is 148 Å². The molecule has 4 rings (SSSR count). The zero-order valence-corrected chi connectivity index (χ0v) is 24.6. The van der Waals surface area contributed by atoms with Gasteiger partial charge in [-0.2, -0.15) is 0 Å². The predicted octanol–water partition coefficient (Wildman–Crippen LogP) is 3.26. The van der Waals surface area contributed by atoms with Crippen LogP contribution in [0.2, 0.25) is 5.04 Å². The number of hydrogen-bond donors (Lipinski definition) is 1. The summed E-state index contributed by atoms with van der Waals surface area (Å²) in [6.45, 7) is 8.09. The van der Waals surface area contributed by atoms with E-state index in [1.807, 2.05) is 36.4 Å². The number of ether oxygens (including phenoxy) is 2. The Hall–Kier alpha value is -3.96. The van der Waals surface area contributed by atoms with Gasteiger partial charge in [-0.1, -0.05) is 86.5 Å². The van der Waals surface area contributed by atoms with Crippen LogP contribution in [0.5, 0.6) is 0 Å². The number of benzene rings is 2. The number of esters is 1. The van der Waals surface area contributed by atoms with Gasteiger partial charge in [0.15, 0.2) is 12.3 Å². The normalized spacial score (nSPS) is 20.8. The summed E-state index contributed by atoms with van der Waals surface area (Å²) in [5.74, 6) is -1.13. The molecule has 0 amide bonds. The highest BCUT2D eigenvalue weighted by molar-refractivity contribution is 6.99. The SMILES string of the molecule is CC(=O)O[C@@H]1[C@H](CN=[N+]=[N-])[C@@H](CCO[Si](c2ccccc2)(c2ccccc2)C(C)(C)C)O[C@@H]1n1ccc(=O)[nH]c1=O. The van der Waals surface area contributed by atoms with E-state index in [1.165, 1.54) is 23.8 Å². The fraction of sp³-hybridized carbons (Fsp3) is 0.414. The molecule has 2 aromatic carbocycles. The minimum absolute atomic E-state index is 0.0209. The maximum absolute atomic E-state index is 12.6. The molecule has 0 unspecified atom stereocenters. The molecule has 1 aliphatic heterocycles. The number of nitrogens with one attached hydrogen (secondary N) is 1. The zero-order chi connectivity index (χ0) is 29.6. The van der Waals surface area contributed by atoms with E-state index in [-0.39, 0.29) is 11.6 Å². The summed E-state index contributed by atoms with van der Waals surface area (Å²) < 4.78 is 20.1. The Labute approximate surface area is 238 Å². The fourth-order valence-electron chi connectivity index (χ4n) is 5.69. The lowest BCUT2D eigenvalue weighted by Gasteiger charge is -2.43. The van der Waals surface area contributed by atoms with Crippen molar-refractivity contribution in [2.45, 2.75) is 57.6 Å². The van der Waals surface area contributed by atoms with Gasteiger partial charge >= 0.3 is 11.7 Å². The Bertz CT molecular complexity index is 1460. The molecule has 0 radical (unpaired) electrons. The van der Waals surface area contributed by atoms with Gasteiger partial charge in [0, 0.05) is 43.2 Å². The van der Waals surface area contributed by atoms with Crippen LogP contribution in [0.25, 0.3) is 10.4 Å². The predicted molar refractivity (Wildman–Crippen MR) is 156 cm³/mol. The van der Waals surface area contributed by atoms with Crippen LogP contribution < -0.4 is 21.6 Å². The van der Waals surface area contributed by atoms with Gasteiger partial charge in [0.25, 0.3) is 13.9 Å². The lowest BCUT2D eigenvalue weighted by molar-refractivity contribution is -0.153. The fourth-order valence-corrected chi connectivity index (χ4v) is 10.3. The molecule has 0 spiro atoms. The Morgan fingerprint density at radius 3 is 2.20 bits per heavy atom. The molecule has 11 nitrogen and oxygen atoms in total. The Morgan fingerprint density at radius 2 is 1.68 bits per heavy atom. The van der Waals surface area contributed by atoms with Crippen LogP contribution in [0.15, 0.2) is 87.6 Å². The summed E-state index contributed by atoms with van der Waals surface area (Å²) in [6, 6.07) is 21.6. The molecule has 1 N–H and O–H groups in total. The molecule has 216 valence electrons. The number of hydrogen-bond acceptors (Lipinski definition) is 7. The first-order valence-electron chi connectivity index (χ1n) is 13.5. The summed E-state index contributed by atoms with van der Waals surface area (Å²) >= 11 is 0. The number of aromatic amines is 1. The molecule has 41 heavy (non-hydrogen) atoms. The third kappa shape index (κ3) is 6.36. The van der Waals surface area contributed by atoms with Crippen LogP contribution in [0.3, 0.4) is 0 Å². The first-order chi connectivity index (χ1) is 19.6. The quantitative estimate of drug-likeness (QED) is 0.129. The van der Waals surface area contributed by atoms with Gasteiger partial charge < -0.3 is 13.9 Å². The van der Waals surface area contributed by atoms with Gasteiger partial charge in [-0.25, -0.2) is 4.79 Å². The van der Waals surface area contributed by atoms with Crippen LogP contribution in [-0.2, 0) is 18.7 Å². The van der Waals surface area contributed by atoms with E-state index < -0.39 is 49.9 Å². The monoisotopic (exact) mass is 577 g/mol. The molecule has 0 aliphatic carbocycles. The van der Waals surface area contributed by atoms with Crippen LogP contribution in [0.1, 0.15) is 40.3 Å². The van der Waals surface area contributed by atoms with Crippen molar-refractivity contribution in [1.82, 2.24) is 9.55 Å². The molecule has 0 bridgehead atoms. The van der Waals surface area contributed by atoms with Gasteiger partial charge in [0.1, 0.15) is 0 Å². The third-order valence-corrected chi connectivity index (χ3v) is 12.5. The zero-order valence-electron chi connectivity index (χ0n) is 23.6. The number of azide groups is 1. The van der Waals surface area contributed by atoms with Crippen molar-refractivity contribution in [3.05, 3.63) is 104 Å². The van der Waals surface area contributed by atoms with Gasteiger partial charge in [0.05, 0.1) is 6.10 Å². The molecule has 1 aliphatic rings. The van der Waals surface area contributed by atoms with E-state index in [0.717, 1.165) is 10.4 Å². The van der Waals surface area contributed by atoms with Crippen molar-refractivity contribution in [3.63, 3.8) is 0 Å². The maximum atomic E-state index is 12.6. The number of carbonyl (C=O) groups excluding carboxylic acids is 1. The lowest BCUT2D eigenvalue weighted by Crippen LogP contribution is -2.66. The molecule has 12 heteroatoms. The van der Waals surface area contributed by atoms with Gasteiger partial charge in [-0.3, -0.25) is 19.1 Å². The molecule has 2 heterocycles. The molecular formula is C29H35N5O6Si. The second-order valence-corrected chi connectivity index (χ2v) is 15.3. The Balaban J connectivity index is 1.69. The third-order valence-electron chi connectivity index (χ3n) is 7.42. The Morgan fingerprint density at radius 1 is 1.07 bits per heavy atom. The number of H-pyrrole nitrogens is 1. The lowest BCUT2D eigenvalue weighted by atomic mass is 9.96. The van der Waals surface area contributed by atoms with Gasteiger partial charge in [0.2, 0.25) is 0 Å². The molecule has 1 fully saturated rings. The highest BCUT2D eigenvalue weighted by atomic mass is 28.4. The molecule has 1 saturated heterocycles. The van der Waals surface area contributed by atoms with Gasteiger partial charge in [-0.05, 0) is 27.4 Å². The van der Waals surface area contributed by atoms with Gasteiger partial charge in [-0.15, -0.1) is 0 Å². The van der Waals surface area contributed by atoms with Crippen LogP contribution in [-0.4, -0.2) is 49.2 Å². The second kappa shape index (κ2) is 12.7. The summed E-state index contributed by atoms with van der Waals surface area (Å²) in [4.78, 5) is 41.5. The first kappa shape index (κ1) is 30.0. The van der Waals surface area contributed by atoms with Crippen molar-refractivity contribution >= 4 is 24.7 Å². The number of carbonyl (C=O) groups is 1. The van der Waals surface area contributed by atoms with E-state index >= 15 is 0 Å². The Kier molecular flexibility index (Phi) is 9.29. The summed E-state index contributed by atoms with van der Waals surface area (Å²) in [7, 11) is -2.83. The molecule has 4 atom stereocenters. The average molecular weight is 578 g/mol. The number of rotatable bonds is 10. The first-order valence-corrected chi connectivity index (χ1v) is 15.4. The van der Waals surface area contributed by atoms with E-state index in [1.54, 1.807) is 0 Å². The summed E-state index contributed by atoms with van der Waals surface area (Å²) in [5.41, 5.74) is 7.80. The second-order valence-electron chi connectivity index (χ2n) is 11.0. The largest absolute Gasteiger partial charge is 0.457 e. The average Bonchev–Trinajstić information content (AvgIpc) is 3.26. The standard InChI is InChI=1S/C29H35N5O6Si/c1-20(35)39-26-23(19-31-33-30)24(40-27(26)34-17-15-25(36)32-28(34)37)16-18-38-41(29(2,3)4,21-11-7-5-8-12-21)22-13-9-6-10-14-22/h5-15,17,23-24,26-27H,16,18-19H2,1-4H3,(H,32,36,37)/t23-,24-,26-,27+/m1/s1. The van der Waals surface area contributed by atoms with Crippen molar-refractivity contribution in [3.8, 4) is 0 Å². The number of aromatic nitrogens is 2. The van der Waals surface area contributed by atoms with Crippen molar-refractivity contribution in [2.75, 3.05) is 13.2 Å². The molecular weight excluding hydrogens is 542 g/mol. The van der Waals surface area contributed by atoms with Crippen LogP contribution in [0.4, 0.5) is 0 Å². The highest BCUT2D eigenvalue weighted by Crippen LogP contribution is 2.40. The van der Waals surface area contributed by atoms with Crippen LogP contribution >= 0.6 is 0 Å². The van der Waals surface area contributed by atoms with E-state index in [2.05, 4.69) is 60.0 Å². The van der Waals surface area contributed by atoms with E-state index in [4.69, 9.17) is 19.4 Å². The van der Waals surface area contributed by atoms with Crippen LogP contribution in [0, 0.1) is 5.92 Å². The summed E-state index contributed by atoms with van der Waals surface area (Å²) in [6.07, 6.45) is -0.859. The minimum Gasteiger partial charge on any atom is -0.457 e. The van der Waals surface area contributed by atoms with E-state index in [9.17, 15) is 14.4 Å². The smallest absolute Gasteiger partial charge is 0.330 e. The minimum atomic E-state index is -2.83. The molecule has 3 aromatic rings. The maximum Gasteiger partial charge on any atom is 0.330 e. The van der Waals surface area contributed by atoms with E-state index in [0.29, 0.717) is 13.0 Å². The molecule has 1 aromatic heterocycles. The highest BCUT2D eigenvalue weighted by Gasteiger charge is 2.51. The number of nitrogens with zero attached hydrogens (tertiary/aromatic N) is 4.